The monoisotopic (exact) mass is 490 g/mol. The lowest BCUT2D eigenvalue weighted by atomic mass is 9.97. The Bertz CT molecular complexity index is 908. The van der Waals surface area contributed by atoms with E-state index in [1.165, 1.54) is 16.9 Å². The summed E-state index contributed by atoms with van der Waals surface area (Å²) in [5, 5.41) is 0. The third-order valence-electron chi connectivity index (χ3n) is 5.58. The quantitative estimate of drug-likeness (QED) is 0.301. The fraction of sp³-hybridized carbons (Fsp3) is 0.577. The maximum absolute atomic E-state index is 13.3. The molecule has 35 heavy (non-hydrogen) atoms. The zero-order valence-electron chi connectivity index (χ0n) is 21.8. The van der Waals surface area contributed by atoms with E-state index < -0.39 is 41.6 Å². The number of hydrogen-bond acceptors (Lipinski definition) is 7. The highest BCUT2D eigenvalue weighted by atomic mass is 16.6. The van der Waals surface area contributed by atoms with E-state index in [0.29, 0.717) is 0 Å². The summed E-state index contributed by atoms with van der Waals surface area (Å²) in [6, 6.07) is 8.04. The molecular formula is C26H38N2O7. The van der Waals surface area contributed by atoms with E-state index in [1.54, 1.807) is 41.5 Å². The lowest BCUT2D eigenvalue weighted by Crippen LogP contribution is -2.58. The Labute approximate surface area is 207 Å². The van der Waals surface area contributed by atoms with Crippen LogP contribution in [0.1, 0.15) is 53.5 Å². The molecule has 1 aromatic rings. The smallest absolute Gasteiger partial charge is 0.412 e. The van der Waals surface area contributed by atoms with Gasteiger partial charge in [-0.3, -0.25) is 9.80 Å². The number of esters is 1. The topological polar surface area (TPSA) is 94.6 Å². The number of hydrogen-bond donors (Lipinski definition) is 0. The number of rotatable bonds is 8. The number of methoxy groups -OCH3 is 1. The number of amides is 2. The third-order valence-corrected chi connectivity index (χ3v) is 5.58. The molecule has 0 radical (unpaired) electrons. The molecule has 1 heterocycles. The number of nitrogens with zero attached hydrogens (tertiary/aromatic N) is 2. The van der Waals surface area contributed by atoms with Gasteiger partial charge in [0.05, 0.1) is 32.4 Å². The van der Waals surface area contributed by atoms with E-state index in [0.717, 1.165) is 5.56 Å². The first-order valence-corrected chi connectivity index (χ1v) is 11.7. The Kier molecular flexibility index (Phi) is 9.31. The summed E-state index contributed by atoms with van der Waals surface area (Å²) in [6.45, 7) is 14.9. The number of carbonyl (C=O) groups excluding carboxylic acids is 3. The molecule has 1 fully saturated rings. The standard InChI is InChI=1S/C26H38N2O7/c1-9-33-23(30)27(16-19-13-11-10-12-14-19)20(15-18(2)22(29)32-8)21-17-34-26(6,7)28(21)24(31)35-25(3,4)5/h10-14,20-21H,2,9,15-17H2,1,3-8H3/t20-,21+/m1/s1. The number of ether oxygens (including phenoxy) is 4. The summed E-state index contributed by atoms with van der Waals surface area (Å²) in [4.78, 5) is 41.8. The lowest BCUT2D eigenvalue weighted by Gasteiger charge is -2.41. The molecule has 9 nitrogen and oxygen atoms in total. The van der Waals surface area contributed by atoms with Crippen LogP contribution in [0.3, 0.4) is 0 Å². The van der Waals surface area contributed by atoms with Crippen molar-refractivity contribution in [3.63, 3.8) is 0 Å². The largest absolute Gasteiger partial charge is 0.466 e. The fourth-order valence-corrected chi connectivity index (χ4v) is 4.02. The lowest BCUT2D eigenvalue weighted by molar-refractivity contribution is -0.136. The minimum atomic E-state index is -1.01. The molecule has 1 saturated heterocycles. The van der Waals surface area contributed by atoms with Gasteiger partial charge in [0.25, 0.3) is 0 Å². The normalized spacial score (nSPS) is 17.9. The Morgan fingerprint density at radius 3 is 2.40 bits per heavy atom. The van der Waals surface area contributed by atoms with Crippen molar-refractivity contribution in [1.82, 2.24) is 9.80 Å². The summed E-state index contributed by atoms with van der Waals surface area (Å²) in [5.41, 5.74) is -0.730. The van der Waals surface area contributed by atoms with Crippen molar-refractivity contribution in [3.05, 3.63) is 48.0 Å². The average Bonchev–Trinajstić information content (AvgIpc) is 3.09. The molecule has 2 amide bonds. The van der Waals surface area contributed by atoms with Gasteiger partial charge in [-0.2, -0.15) is 0 Å². The van der Waals surface area contributed by atoms with Gasteiger partial charge in [0.2, 0.25) is 0 Å². The van der Waals surface area contributed by atoms with Crippen LogP contribution in [0.2, 0.25) is 0 Å². The number of carbonyl (C=O) groups is 3. The van der Waals surface area contributed by atoms with Gasteiger partial charge >= 0.3 is 18.2 Å². The van der Waals surface area contributed by atoms with E-state index in [9.17, 15) is 14.4 Å². The van der Waals surface area contributed by atoms with E-state index in [1.807, 2.05) is 30.3 Å². The SMILES string of the molecule is C=C(C[C@H]([C@@H]1COC(C)(C)N1C(=O)OC(C)(C)C)N(Cc1ccccc1)C(=O)OCC)C(=O)OC. The van der Waals surface area contributed by atoms with Gasteiger partial charge in [-0.05, 0) is 47.1 Å². The second-order valence-electron chi connectivity index (χ2n) is 9.85. The van der Waals surface area contributed by atoms with Crippen molar-refractivity contribution in [1.29, 1.82) is 0 Å². The fourth-order valence-electron chi connectivity index (χ4n) is 4.02. The van der Waals surface area contributed by atoms with Crippen molar-refractivity contribution in [2.24, 2.45) is 0 Å². The predicted molar refractivity (Wildman–Crippen MR) is 130 cm³/mol. The van der Waals surface area contributed by atoms with Crippen molar-refractivity contribution in [3.8, 4) is 0 Å². The minimum absolute atomic E-state index is 0.0434. The molecule has 194 valence electrons. The second-order valence-corrected chi connectivity index (χ2v) is 9.85. The highest BCUT2D eigenvalue weighted by Gasteiger charge is 2.51. The van der Waals surface area contributed by atoms with Crippen LogP contribution in [-0.2, 0) is 30.3 Å². The summed E-state index contributed by atoms with van der Waals surface area (Å²) in [5.74, 6) is -0.597. The first-order valence-electron chi connectivity index (χ1n) is 11.7. The molecule has 2 atom stereocenters. The van der Waals surface area contributed by atoms with Crippen molar-refractivity contribution in [2.45, 2.75) is 77.9 Å². The highest BCUT2D eigenvalue weighted by molar-refractivity contribution is 5.87. The van der Waals surface area contributed by atoms with Gasteiger partial charge in [0.15, 0.2) is 0 Å². The van der Waals surface area contributed by atoms with Crippen LogP contribution in [0.5, 0.6) is 0 Å². The molecule has 0 spiro atoms. The van der Waals surface area contributed by atoms with Gasteiger partial charge in [-0.1, -0.05) is 36.9 Å². The predicted octanol–water partition coefficient (Wildman–Crippen LogP) is 4.51. The van der Waals surface area contributed by atoms with E-state index >= 15 is 0 Å². The van der Waals surface area contributed by atoms with Gasteiger partial charge < -0.3 is 18.9 Å². The first-order chi connectivity index (χ1) is 16.3. The maximum atomic E-state index is 13.3. The highest BCUT2D eigenvalue weighted by Crippen LogP contribution is 2.35. The van der Waals surface area contributed by atoms with Crippen molar-refractivity contribution < 1.29 is 33.3 Å². The van der Waals surface area contributed by atoms with Gasteiger partial charge in [-0.25, -0.2) is 14.4 Å². The van der Waals surface area contributed by atoms with Crippen molar-refractivity contribution >= 4 is 18.2 Å². The zero-order chi connectivity index (χ0) is 26.4. The molecule has 1 aromatic carbocycles. The van der Waals surface area contributed by atoms with Gasteiger partial charge in [0, 0.05) is 18.5 Å². The number of benzene rings is 1. The summed E-state index contributed by atoms with van der Waals surface area (Å²) in [7, 11) is 1.27. The Balaban J connectivity index is 2.55. The van der Waals surface area contributed by atoms with Crippen LogP contribution in [0.15, 0.2) is 42.5 Å². The Hall–Kier alpha value is -3.07. The molecular weight excluding hydrogens is 452 g/mol. The molecule has 0 aromatic heterocycles. The summed E-state index contributed by atoms with van der Waals surface area (Å²) >= 11 is 0. The molecule has 0 aliphatic carbocycles. The van der Waals surface area contributed by atoms with Crippen LogP contribution in [0, 0.1) is 0 Å². The molecule has 2 rings (SSSR count). The molecule has 1 aliphatic heterocycles. The molecule has 9 heteroatoms. The summed E-state index contributed by atoms with van der Waals surface area (Å²) in [6.07, 6.45) is -1.11. The van der Waals surface area contributed by atoms with Crippen molar-refractivity contribution in [2.75, 3.05) is 20.3 Å². The van der Waals surface area contributed by atoms with E-state index in [2.05, 4.69) is 6.58 Å². The van der Waals surface area contributed by atoms with E-state index in [4.69, 9.17) is 18.9 Å². The van der Waals surface area contributed by atoms with E-state index in [-0.39, 0.29) is 31.8 Å². The second kappa shape index (κ2) is 11.6. The van der Waals surface area contributed by atoms with Crippen LogP contribution in [0.25, 0.3) is 0 Å². The molecule has 0 N–H and O–H groups in total. The van der Waals surface area contributed by atoms with Crippen LogP contribution >= 0.6 is 0 Å². The minimum Gasteiger partial charge on any atom is -0.466 e. The zero-order valence-corrected chi connectivity index (χ0v) is 21.8. The maximum Gasteiger partial charge on any atom is 0.412 e. The third kappa shape index (κ3) is 7.45. The average molecular weight is 491 g/mol. The van der Waals surface area contributed by atoms with Crippen LogP contribution in [-0.4, -0.2) is 71.7 Å². The van der Waals surface area contributed by atoms with Gasteiger partial charge in [-0.15, -0.1) is 0 Å². The Morgan fingerprint density at radius 1 is 1.23 bits per heavy atom. The molecule has 1 aliphatic rings. The first kappa shape index (κ1) is 28.2. The summed E-state index contributed by atoms with van der Waals surface area (Å²) < 4.78 is 21.9. The molecule has 0 saturated carbocycles. The molecule has 0 unspecified atom stereocenters. The molecule has 0 bridgehead atoms. The van der Waals surface area contributed by atoms with Gasteiger partial charge in [0.1, 0.15) is 11.3 Å². The Morgan fingerprint density at radius 2 is 1.86 bits per heavy atom. The van der Waals surface area contributed by atoms with Crippen LogP contribution in [0.4, 0.5) is 9.59 Å². The van der Waals surface area contributed by atoms with Crippen LogP contribution < -0.4 is 0 Å².